The van der Waals surface area contributed by atoms with E-state index >= 15 is 0 Å². The van der Waals surface area contributed by atoms with Crippen LogP contribution in [0.2, 0.25) is 0 Å². The molecular weight excluding hydrogens is 414 g/mol. The molecule has 1 N–H and O–H groups in total. The SMILES string of the molecule is COc1cc(Cn2c(C)cc(O)c([C@@H]3OC(=O)c4ccccc43)c2=O)cc(OC)c1OC. The van der Waals surface area contributed by atoms with Gasteiger partial charge in [0.15, 0.2) is 17.6 Å². The summed E-state index contributed by atoms with van der Waals surface area (Å²) < 4.78 is 23.1. The molecule has 0 spiro atoms. The normalized spacial score (nSPS) is 14.6. The number of ether oxygens (including phenoxy) is 4. The topological polar surface area (TPSA) is 96.2 Å². The van der Waals surface area contributed by atoms with Crippen molar-refractivity contribution in [2.45, 2.75) is 19.6 Å². The van der Waals surface area contributed by atoms with E-state index in [2.05, 4.69) is 0 Å². The summed E-state index contributed by atoms with van der Waals surface area (Å²) in [6, 6.07) is 11.8. The van der Waals surface area contributed by atoms with Crippen molar-refractivity contribution < 1.29 is 28.8 Å². The summed E-state index contributed by atoms with van der Waals surface area (Å²) >= 11 is 0. The lowest BCUT2D eigenvalue weighted by atomic mass is 9.99. The maximum atomic E-state index is 13.5. The molecule has 0 radical (unpaired) electrons. The predicted molar refractivity (Wildman–Crippen MR) is 116 cm³/mol. The number of carbonyl (C=O) groups is 1. The molecule has 0 fully saturated rings. The summed E-state index contributed by atoms with van der Waals surface area (Å²) in [5.74, 6) is 0.628. The van der Waals surface area contributed by atoms with Gasteiger partial charge < -0.3 is 28.6 Å². The molecule has 0 saturated heterocycles. The number of hydrogen-bond donors (Lipinski definition) is 1. The Bertz CT molecular complexity index is 1240. The zero-order valence-corrected chi connectivity index (χ0v) is 18.2. The van der Waals surface area contributed by atoms with Crippen molar-refractivity contribution in [3.8, 4) is 23.0 Å². The van der Waals surface area contributed by atoms with Crippen LogP contribution in [0.3, 0.4) is 0 Å². The van der Waals surface area contributed by atoms with Gasteiger partial charge in [0.2, 0.25) is 5.75 Å². The number of aromatic hydroxyl groups is 1. The summed E-state index contributed by atoms with van der Waals surface area (Å²) in [6.45, 7) is 1.90. The molecule has 4 rings (SSSR count). The van der Waals surface area contributed by atoms with Gasteiger partial charge in [-0.3, -0.25) is 4.79 Å². The Morgan fingerprint density at radius 3 is 2.28 bits per heavy atom. The van der Waals surface area contributed by atoms with Gasteiger partial charge in [0, 0.05) is 11.3 Å². The van der Waals surface area contributed by atoms with E-state index in [0.717, 1.165) is 5.56 Å². The number of benzene rings is 2. The van der Waals surface area contributed by atoms with Crippen molar-refractivity contribution in [2.75, 3.05) is 21.3 Å². The summed E-state index contributed by atoms with van der Waals surface area (Å²) in [4.78, 5) is 25.7. The van der Waals surface area contributed by atoms with Gasteiger partial charge in [-0.1, -0.05) is 18.2 Å². The summed E-state index contributed by atoms with van der Waals surface area (Å²) in [5.41, 5.74) is 1.76. The molecule has 1 aliphatic heterocycles. The first-order chi connectivity index (χ1) is 15.4. The van der Waals surface area contributed by atoms with E-state index in [1.165, 1.54) is 32.0 Å². The third kappa shape index (κ3) is 3.43. The van der Waals surface area contributed by atoms with E-state index in [9.17, 15) is 14.7 Å². The van der Waals surface area contributed by atoms with Gasteiger partial charge in [0.05, 0.1) is 33.4 Å². The maximum absolute atomic E-state index is 13.5. The molecule has 0 bridgehead atoms. The molecule has 0 aliphatic carbocycles. The number of cyclic esters (lactones) is 1. The average Bonchev–Trinajstić information content (AvgIpc) is 3.12. The van der Waals surface area contributed by atoms with Gasteiger partial charge in [-0.15, -0.1) is 0 Å². The van der Waals surface area contributed by atoms with Crippen LogP contribution in [0.4, 0.5) is 0 Å². The second-order valence-electron chi connectivity index (χ2n) is 7.38. The Labute approximate surface area is 184 Å². The highest BCUT2D eigenvalue weighted by Gasteiger charge is 2.36. The Balaban J connectivity index is 1.82. The molecule has 0 unspecified atom stereocenters. The zero-order chi connectivity index (χ0) is 23.0. The lowest BCUT2D eigenvalue weighted by Crippen LogP contribution is -2.28. The van der Waals surface area contributed by atoms with Gasteiger partial charge >= 0.3 is 5.97 Å². The van der Waals surface area contributed by atoms with Crippen molar-refractivity contribution in [1.82, 2.24) is 4.57 Å². The molecule has 3 aromatic rings. The number of aromatic nitrogens is 1. The third-order valence-corrected chi connectivity index (χ3v) is 5.54. The fourth-order valence-corrected chi connectivity index (χ4v) is 3.98. The van der Waals surface area contributed by atoms with Gasteiger partial charge in [-0.25, -0.2) is 4.79 Å². The first-order valence-corrected chi connectivity index (χ1v) is 9.91. The van der Waals surface area contributed by atoms with E-state index in [0.29, 0.717) is 34.1 Å². The fourth-order valence-electron chi connectivity index (χ4n) is 3.98. The fraction of sp³-hybridized carbons (Fsp3) is 0.250. The van der Waals surface area contributed by atoms with Crippen molar-refractivity contribution in [1.29, 1.82) is 0 Å². The van der Waals surface area contributed by atoms with E-state index in [1.54, 1.807) is 43.3 Å². The molecule has 8 heteroatoms. The Hall–Kier alpha value is -3.94. The van der Waals surface area contributed by atoms with Crippen LogP contribution in [0.1, 0.15) is 38.8 Å². The molecule has 0 saturated carbocycles. The first kappa shape index (κ1) is 21.3. The number of nitrogens with zero attached hydrogens (tertiary/aromatic N) is 1. The molecule has 166 valence electrons. The first-order valence-electron chi connectivity index (χ1n) is 9.91. The van der Waals surface area contributed by atoms with Crippen molar-refractivity contribution in [2.24, 2.45) is 0 Å². The molecule has 8 nitrogen and oxygen atoms in total. The molecule has 32 heavy (non-hydrogen) atoms. The third-order valence-electron chi connectivity index (χ3n) is 5.54. The number of carbonyl (C=O) groups excluding carboxylic acids is 1. The molecule has 1 atom stereocenters. The average molecular weight is 437 g/mol. The number of rotatable bonds is 6. The molecule has 2 heterocycles. The molecule has 2 aromatic carbocycles. The van der Waals surface area contributed by atoms with Gasteiger partial charge in [0.1, 0.15) is 11.3 Å². The number of aryl methyl sites for hydroxylation is 1. The van der Waals surface area contributed by atoms with Gasteiger partial charge in [-0.05, 0) is 36.8 Å². The standard InChI is InChI=1S/C24H23NO7/c1-13-9-17(26)20(21-15-7-5-6-8-16(15)24(28)32-21)23(27)25(13)12-14-10-18(29-2)22(31-4)19(11-14)30-3/h5-11,21,26H,12H2,1-4H3/t21-/m1/s1. The van der Waals surface area contributed by atoms with E-state index in [-0.39, 0.29) is 17.9 Å². The summed E-state index contributed by atoms with van der Waals surface area (Å²) in [5, 5.41) is 10.6. The minimum Gasteiger partial charge on any atom is -0.507 e. The van der Waals surface area contributed by atoms with Crippen LogP contribution < -0.4 is 19.8 Å². The second-order valence-corrected chi connectivity index (χ2v) is 7.38. The highest BCUT2D eigenvalue weighted by atomic mass is 16.6. The zero-order valence-electron chi connectivity index (χ0n) is 18.2. The van der Waals surface area contributed by atoms with Crippen molar-refractivity contribution in [3.05, 3.63) is 80.8 Å². The molecule has 1 aliphatic rings. The molecular formula is C24H23NO7. The number of hydrogen-bond acceptors (Lipinski definition) is 7. The van der Waals surface area contributed by atoms with Crippen molar-refractivity contribution >= 4 is 5.97 Å². The minimum atomic E-state index is -0.974. The molecule has 0 amide bonds. The monoisotopic (exact) mass is 437 g/mol. The highest BCUT2D eigenvalue weighted by Crippen LogP contribution is 2.39. The Morgan fingerprint density at radius 1 is 1.00 bits per heavy atom. The largest absolute Gasteiger partial charge is 0.507 e. The quantitative estimate of drug-likeness (QED) is 0.592. The number of fused-ring (bicyclic) bond motifs is 1. The lowest BCUT2D eigenvalue weighted by molar-refractivity contribution is 0.0450. The second kappa shape index (κ2) is 8.30. The smallest absolute Gasteiger partial charge is 0.339 e. The van der Waals surface area contributed by atoms with Crippen LogP contribution in [0.25, 0.3) is 0 Å². The number of methoxy groups -OCH3 is 3. The van der Waals surface area contributed by atoms with E-state index in [4.69, 9.17) is 18.9 Å². The minimum absolute atomic E-state index is 0.0151. The van der Waals surface area contributed by atoms with Crippen LogP contribution in [-0.4, -0.2) is 37.0 Å². The van der Waals surface area contributed by atoms with Crippen LogP contribution in [0.5, 0.6) is 23.0 Å². The van der Waals surface area contributed by atoms with Crippen LogP contribution in [-0.2, 0) is 11.3 Å². The van der Waals surface area contributed by atoms with E-state index in [1.807, 2.05) is 0 Å². The molecule has 1 aromatic heterocycles. The van der Waals surface area contributed by atoms with Crippen LogP contribution >= 0.6 is 0 Å². The van der Waals surface area contributed by atoms with Crippen molar-refractivity contribution in [3.63, 3.8) is 0 Å². The van der Waals surface area contributed by atoms with Gasteiger partial charge in [0.25, 0.3) is 5.56 Å². The summed E-state index contributed by atoms with van der Waals surface area (Å²) in [7, 11) is 4.55. The number of esters is 1. The highest BCUT2D eigenvalue weighted by molar-refractivity contribution is 5.94. The van der Waals surface area contributed by atoms with Crippen LogP contribution in [0, 0.1) is 6.92 Å². The summed E-state index contributed by atoms with van der Waals surface area (Å²) in [6.07, 6.45) is -0.974. The lowest BCUT2D eigenvalue weighted by Gasteiger charge is -2.19. The maximum Gasteiger partial charge on any atom is 0.339 e. The van der Waals surface area contributed by atoms with E-state index < -0.39 is 17.6 Å². The van der Waals surface area contributed by atoms with Gasteiger partial charge in [-0.2, -0.15) is 0 Å². The number of pyridine rings is 1. The predicted octanol–water partition coefficient (Wildman–Crippen LogP) is 3.20. The Morgan fingerprint density at radius 2 is 1.66 bits per heavy atom. The van der Waals surface area contributed by atoms with Crippen LogP contribution in [0.15, 0.2) is 47.3 Å². The Kier molecular flexibility index (Phi) is 5.52.